The molecule has 0 bridgehead atoms. The second-order valence-corrected chi connectivity index (χ2v) is 4.84. The average molecular weight is 245 g/mol. The van der Waals surface area contributed by atoms with Crippen LogP contribution >= 0.6 is 0 Å². The summed E-state index contributed by atoms with van der Waals surface area (Å²) < 4.78 is 13.6. The number of nitrogens with one attached hydrogen (secondary N) is 1. The number of benzene rings is 1. The van der Waals surface area contributed by atoms with Gasteiger partial charge in [0.15, 0.2) is 0 Å². The van der Waals surface area contributed by atoms with Crippen LogP contribution in [0.4, 0.5) is 10.2 Å². The molecule has 0 amide bonds. The molecule has 1 N–H and O–H groups in total. The normalized spacial score (nSPS) is 16.9. The highest BCUT2D eigenvalue weighted by Crippen LogP contribution is 2.25. The Morgan fingerprint density at radius 1 is 1.11 bits per heavy atom. The molecule has 1 aromatic carbocycles. The second-order valence-electron chi connectivity index (χ2n) is 4.84. The van der Waals surface area contributed by atoms with Crippen LogP contribution in [0, 0.1) is 5.82 Å². The lowest BCUT2D eigenvalue weighted by Crippen LogP contribution is -2.23. The van der Waals surface area contributed by atoms with Gasteiger partial charge in [0.05, 0.1) is 0 Å². The highest BCUT2D eigenvalue weighted by atomic mass is 19.1. The van der Waals surface area contributed by atoms with E-state index in [0.29, 0.717) is 11.6 Å². The van der Waals surface area contributed by atoms with Crippen molar-refractivity contribution >= 4 is 16.7 Å². The standard InChI is InChI=1S/C14H16FN3/c15-12-8-4-7-11-13(12)16-9-17-14(11)18-10-5-2-1-3-6-10/h4,7-10H,1-3,5-6H2,(H,16,17,18). The molecule has 94 valence electrons. The molecule has 18 heavy (non-hydrogen) atoms. The Balaban J connectivity index is 1.93. The van der Waals surface area contributed by atoms with Crippen LogP contribution in [0.25, 0.3) is 10.9 Å². The molecule has 0 aliphatic heterocycles. The first kappa shape index (κ1) is 11.4. The summed E-state index contributed by atoms with van der Waals surface area (Å²) >= 11 is 0. The molecule has 1 fully saturated rings. The van der Waals surface area contributed by atoms with Crippen LogP contribution in [-0.2, 0) is 0 Å². The summed E-state index contributed by atoms with van der Waals surface area (Å²) in [5.41, 5.74) is 0.394. The van der Waals surface area contributed by atoms with Gasteiger partial charge in [-0.2, -0.15) is 0 Å². The maximum atomic E-state index is 13.6. The molecular weight excluding hydrogens is 229 g/mol. The van der Waals surface area contributed by atoms with Crippen molar-refractivity contribution in [2.75, 3.05) is 5.32 Å². The molecule has 4 heteroatoms. The van der Waals surface area contributed by atoms with E-state index in [1.54, 1.807) is 6.07 Å². The van der Waals surface area contributed by atoms with Crippen molar-refractivity contribution in [3.05, 3.63) is 30.3 Å². The van der Waals surface area contributed by atoms with Gasteiger partial charge in [-0.1, -0.05) is 25.3 Å². The van der Waals surface area contributed by atoms with Crippen LogP contribution in [0.3, 0.4) is 0 Å². The molecule has 0 atom stereocenters. The topological polar surface area (TPSA) is 37.8 Å². The molecule has 0 spiro atoms. The zero-order chi connectivity index (χ0) is 12.4. The molecule has 3 nitrogen and oxygen atoms in total. The fraction of sp³-hybridized carbons (Fsp3) is 0.429. The molecule has 0 unspecified atom stereocenters. The third-order valence-electron chi connectivity index (χ3n) is 3.56. The number of hydrogen-bond donors (Lipinski definition) is 1. The quantitative estimate of drug-likeness (QED) is 0.879. The number of anilines is 1. The fourth-order valence-electron chi connectivity index (χ4n) is 2.61. The summed E-state index contributed by atoms with van der Waals surface area (Å²) in [5.74, 6) is 0.466. The van der Waals surface area contributed by atoms with Gasteiger partial charge in [-0.05, 0) is 25.0 Å². The minimum Gasteiger partial charge on any atom is -0.367 e. The van der Waals surface area contributed by atoms with E-state index in [4.69, 9.17) is 0 Å². The largest absolute Gasteiger partial charge is 0.367 e. The fourth-order valence-corrected chi connectivity index (χ4v) is 2.61. The smallest absolute Gasteiger partial charge is 0.149 e. The van der Waals surface area contributed by atoms with Crippen molar-refractivity contribution < 1.29 is 4.39 Å². The SMILES string of the molecule is Fc1cccc2c(NC3CCCCC3)ncnc12. The van der Waals surface area contributed by atoms with E-state index in [1.165, 1.54) is 44.5 Å². The molecule has 0 saturated heterocycles. The molecule has 1 aromatic heterocycles. The zero-order valence-corrected chi connectivity index (χ0v) is 10.2. The summed E-state index contributed by atoms with van der Waals surface area (Å²) in [6.45, 7) is 0. The summed E-state index contributed by atoms with van der Waals surface area (Å²) in [7, 11) is 0. The number of halogens is 1. The van der Waals surface area contributed by atoms with Crippen molar-refractivity contribution in [3.8, 4) is 0 Å². The monoisotopic (exact) mass is 245 g/mol. The molecule has 0 radical (unpaired) electrons. The summed E-state index contributed by atoms with van der Waals surface area (Å²) in [4.78, 5) is 8.26. The Morgan fingerprint density at radius 3 is 2.78 bits per heavy atom. The average Bonchev–Trinajstić information content (AvgIpc) is 2.41. The predicted molar refractivity (Wildman–Crippen MR) is 70.0 cm³/mol. The van der Waals surface area contributed by atoms with Gasteiger partial charge in [0.1, 0.15) is 23.5 Å². The van der Waals surface area contributed by atoms with Crippen LogP contribution in [-0.4, -0.2) is 16.0 Å². The van der Waals surface area contributed by atoms with Gasteiger partial charge in [-0.15, -0.1) is 0 Å². The molecule has 1 aliphatic rings. The summed E-state index contributed by atoms with van der Waals surface area (Å²) in [6, 6.07) is 5.45. The van der Waals surface area contributed by atoms with Gasteiger partial charge in [-0.3, -0.25) is 0 Å². The van der Waals surface area contributed by atoms with Gasteiger partial charge in [-0.25, -0.2) is 14.4 Å². The van der Waals surface area contributed by atoms with Crippen LogP contribution in [0.15, 0.2) is 24.5 Å². The number of hydrogen-bond acceptors (Lipinski definition) is 3. The third kappa shape index (κ3) is 2.15. The van der Waals surface area contributed by atoms with Gasteiger partial charge in [0.25, 0.3) is 0 Å². The Morgan fingerprint density at radius 2 is 1.94 bits per heavy atom. The van der Waals surface area contributed by atoms with Crippen LogP contribution in [0.2, 0.25) is 0 Å². The van der Waals surface area contributed by atoms with E-state index in [2.05, 4.69) is 15.3 Å². The van der Waals surface area contributed by atoms with E-state index < -0.39 is 0 Å². The minimum atomic E-state index is -0.290. The molecule has 1 heterocycles. The van der Waals surface area contributed by atoms with E-state index in [9.17, 15) is 4.39 Å². The van der Waals surface area contributed by atoms with Crippen molar-refractivity contribution in [2.45, 2.75) is 38.1 Å². The van der Waals surface area contributed by atoms with Crippen molar-refractivity contribution in [3.63, 3.8) is 0 Å². The van der Waals surface area contributed by atoms with Gasteiger partial charge < -0.3 is 5.32 Å². The number of rotatable bonds is 2. The number of para-hydroxylation sites is 1. The van der Waals surface area contributed by atoms with Crippen LogP contribution in [0.5, 0.6) is 0 Å². The lowest BCUT2D eigenvalue weighted by Gasteiger charge is -2.23. The van der Waals surface area contributed by atoms with Crippen molar-refractivity contribution in [2.24, 2.45) is 0 Å². The molecular formula is C14H16FN3. The molecule has 1 saturated carbocycles. The van der Waals surface area contributed by atoms with Gasteiger partial charge in [0, 0.05) is 11.4 Å². The minimum absolute atomic E-state index is 0.290. The van der Waals surface area contributed by atoms with E-state index in [-0.39, 0.29) is 5.82 Å². The zero-order valence-electron chi connectivity index (χ0n) is 10.2. The Labute approximate surface area is 105 Å². The van der Waals surface area contributed by atoms with Crippen molar-refractivity contribution in [1.82, 2.24) is 9.97 Å². The molecule has 3 rings (SSSR count). The van der Waals surface area contributed by atoms with E-state index >= 15 is 0 Å². The summed E-state index contributed by atoms with van der Waals surface area (Å²) in [6.07, 6.45) is 7.60. The van der Waals surface area contributed by atoms with Gasteiger partial charge in [0.2, 0.25) is 0 Å². The number of aromatic nitrogens is 2. The van der Waals surface area contributed by atoms with Crippen molar-refractivity contribution in [1.29, 1.82) is 0 Å². The maximum absolute atomic E-state index is 13.6. The lowest BCUT2D eigenvalue weighted by atomic mass is 9.95. The number of fused-ring (bicyclic) bond motifs is 1. The predicted octanol–water partition coefficient (Wildman–Crippen LogP) is 3.51. The second kappa shape index (κ2) is 4.88. The molecule has 1 aliphatic carbocycles. The number of nitrogens with zero attached hydrogens (tertiary/aromatic N) is 2. The van der Waals surface area contributed by atoms with E-state index in [0.717, 1.165) is 11.2 Å². The Bertz CT molecular complexity index is 550. The van der Waals surface area contributed by atoms with Crippen LogP contribution < -0.4 is 5.32 Å². The summed E-state index contributed by atoms with van der Waals surface area (Å²) in [5, 5.41) is 4.20. The molecule has 2 aromatic rings. The highest BCUT2D eigenvalue weighted by Gasteiger charge is 2.15. The first-order chi connectivity index (χ1) is 8.84. The van der Waals surface area contributed by atoms with E-state index in [1.807, 2.05) is 6.07 Å². The Kier molecular flexibility index (Phi) is 3.09. The van der Waals surface area contributed by atoms with Crippen LogP contribution in [0.1, 0.15) is 32.1 Å². The van der Waals surface area contributed by atoms with Gasteiger partial charge >= 0.3 is 0 Å². The highest BCUT2D eigenvalue weighted by molar-refractivity contribution is 5.89. The first-order valence-corrected chi connectivity index (χ1v) is 6.50. The first-order valence-electron chi connectivity index (χ1n) is 6.50. The third-order valence-corrected chi connectivity index (χ3v) is 3.56. The maximum Gasteiger partial charge on any atom is 0.149 e. The Hall–Kier alpha value is -1.71. The lowest BCUT2D eigenvalue weighted by molar-refractivity contribution is 0.462.